The number of aryl methyl sites for hydroxylation is 1. The minimum atomic E-state index is -3.79. The summed E-state index contributed by atoms with van der Waals surface area (Å²) in [4.78, 5) is 12.3. The van der Waals surface area contributed by atoms with Crippen LogP contribution in [0.5, 0.6) is 5.75 Å². The fraction of sp³-hybridized carbons (Fsp3) is 0.389. The van der Waals surface area contributed by atoms with Crippen molar-refractivity contribution >= 4 is 15.9 Å². The predicted octanol–water partition coefficient (Wildman–Crippen LogP) is 2.09. The van der Waals surface area contributed by atoms with E-state index in [4.69, 9.17) is 9.15 Å². The molecule has 0 aliphatic carbocycles. The third-order valence-electron chi connectivity index (χ3n) is 3.89. The Morgan fingerprint density at radius 2 is 1.88 bits per heavy atom. The second-order valence-electron chi connectivity index (χ2n) is 6.05. The van der Waals surface area contributed by atoms with E-state index in [1.807, 2.05) is 19.1 Å². The van der Waals surface area contributed by atoms with Gasteiger partial charge in [-0.2, -0.15) is 4.72 Å². The topological polar surface area (TPSA) is 97.6 Å². The van der Waals surface area contributed by atoms with Gasteiger partial charge in [-0.05, 0) is 56.7 Å². The molecule has 0 saturated carbocycles. The predicted molar refractivity (Wildman–Crippen MR) is 97.4 cm³/mol. The molecule has 0 bridgehead atoms. The van der Waals surface area contributed by atoms with Gasteiger partial charge in [0.2, 0.25) is 15.9 Å². The van der Waals surface area contributed by atoms with Crippen LogP contribution in [0.3, 0.4) is 0 Å². The van der Waals surface area contributed by atoms with E-state index in [9.17, 15) is 13.2 Å². The molecular formula is C18H24N2O5S. The monoisotopic (exact) mass is 380 g/mol. The minimum Gasteiger partial charge on any atom is -0.497 e. The summed E-state index contributed by atoms with van der Waals surface area (Å²) < 4.78 is 37.4. The van der Waals surface area contributed by atoms with Crippen molar-refractivity contribution in [2.24, 2.45) is 0 Å². The minimum absolute atomic E-state index is 0.0730. The molecule has 8 heteroatoms. The van der Waals surface area contributed by atoms with Gasteiger partial charge in [-0.25, -0.2) is 8.42 Å². The second-order valence-corrected chi connectivity index (χ2v) is 7.76. The SMILES string of the molecule is COc1ccc(S(=O)(=O)N[C@@H](C)C(=O)NC(C)CCc2ccco2)cc1. The number of furan rings is 1. The number of sulfonamides is 1. The van der Waals surface area contributed by atoms with Crippen LogP contribution in [0.4, 0.5) is 0 Å². The van der Waals surface area contributed by atoms with Gasteiger partial charge in [0.15, 0.2) is 0 Å². The van der Waals surface area contributed by atoms with Crippen molar-refractivity contribution in [2.75, 3.05) is 7.11 Å². The molecule has 2 aromatic rings. The highest BCUT2D eigenvalue weighted by molar-refractivity contribution is 7.89. The van der Waals surface area contributed by atoms with Crippen LogP contribution in [0, 0.1) is 0 Å². The van der Waals surface area contributed by atoms with Crippen molar-refractivity contribution in [1.29, 1.82) is 0 Å². The molecule has 7 nitrogen and oxygen atoms in total. The lowest BCUT2D eigenvalue weighted by atomic mass is 10.1. The highest BCUT2D eigenvalue weighted by atomic mass is 32.2. The molecule has 1 aromatic heterocycles. The molecule has 1 amide bonds. The summed E-state index contributed by atoms with van der Waals surface area (Å²) in [5, 5.41) is 2.81. The Bertz CT molecular complexity index is 801. The largest absolute Gasteiger partial charge is 0.497 e. The van der Waals surface area contributed by atoms with Crippen molar-refractivity contribution in [3.63, 3.8) is 0 Å². The number of carbonyl (C=O) groups excluding carboxylic acids is 1. The normalized spacial score (nSPS) is 13.8. The quantitative estimate of drug-likeness (QED) is 0.694. The van der Waals surface area contributed by atoms with Crippen LogP contribution in [-0.2, 0) is 21.2 Å². The average molecular weight is 380 g/mol. The van der Waals surface area contributed by atoms with Crippen molar-refractivity contribution in [3.05, 3.63) is 48.4 Å². The zero-order valence-electron chi connectivity index (χ0n) is 15.1. The number of rotatable bonds is 9. The summed E-state index contributed by atoms with van der Waals surface area (Å²) in [5.41, 5.74) is 0. The number of benzene rings is 1. The maximum Gasteiger partial charge on any atom is 0.241 e. The van der Waals surface area contributed by atoms with Gasteiger partial charge in [0.25, 0.3) is 0 Å². The molecule has 1 unspecified atom stereocenters. The number of amides is 1. The van der Waals surface area contributed by atoms with Crippen LogP contribution in [0.2, 0.25) is 0 Å². The van der Waals surface area contributed by atoms with Crippen molar-refractivity contribution in [3.8, 4) is 5.75 Å². The average Bonchev–Trinajstić information content (AvgIpc) is 3.13. The zero-order valence-corrected chi connectivity index (χ0v) is 15.9. The third kappa shape index (κ3) is 5.60. The van der Waals surface area contributed by atoms with E-state index in [2.05, 4.69) is 10.0 Å². The number of methoxy groups -OCH3 is 1. The first-order valence-corrected chi connectivity index (χ1v) is 9.79. The van der Waals surface area contributed by atoms with Crippen LogP contribution in [0.1, 0.15) is 26.0 Å². The van der Waals surface area contributed by atoms with Gasteiger partial charge >= 0.3 is 0 Å². The Morgan fingerprint density at radius 3 is 2.46 bits per heavy atom. The van der Waals surface area contributed by atoms with Crippen LogP contribution in [0.25, 0.3) is 0 Å². The summed E-state index contributed by atoms with van der Waals surface area (Å²) in [6.45, 7) is 3.38. The first kappa shape index (κ1) is 20.0. The molecule has 0 saturated heterocycles. The van der Waals surface area contributed by atoms with Gasteiger partial charge in [0, 0.05) is 12.5 Å². The molecule has 0 spiro atoms. The lowest BCUT2D eigenvalue weighted by molar-refractivity contribution is -0.123. The Hall–Kier alpha value is -2.32. The van der Waals surface area contributed by atoms with Gasteiger partial charge in [0.05, 0.1) is 24.3 Å². The number of nitrogens with one attached hydrogen (secondary N) is 2. The van der Waals surface area contributed by atoms with Crippen LogP contribution in [0.15, 0.2) is 52.0 Å². The molecule has 0 radical (unpaired) electrons. The summed E-state index contributed by atoms with van der Waals surface area (Å²) >= 11 is 0. The van der Waals surface area contributed by atoms with Gasteiger partial charge < -0.3 is 14.5 Å². The summed E-state index contributed by atoms with van der Waals surface area (Å²) in [6.07, 6.45) is 2.99. The van der Waals surface area contributed by atoms with E-state index in [1.165, 1.54) is 26.2 Å². The van der Waals surface area contributed by atoms with Gasteiger partial charge in [-0.1, -0.05) is 0 Å². The van der Waals surface area contributed by atoms with Crippen LogP contribution >= 0.6 is 0 Å². The highest BCUT2D eigenvalue weighted by Gasteiger charge is 2.23. The summed E-state index contributed by atoms with van der Waals surface area (Å²) in [5.74, 6) is 1.02. The van der Waals surface area contributed by atoms with E-state index in [0.29, 0.717) is 18.6 Å². The molecule has 2 atom stereocenters. The summed E-state index contributed by atoms with van der Waals surface area (Å²) in [6, 6.07) is 8.64. The Kier molecular flexibility index (Phi) is 6.82. The highest BCUT2D eigenvalue weighted by Crippen LogP contribution is 2.15. The smallest absolute Gasteiger partial charge is 0.241 e. The second kappa shape index (κ2) is 8.86. The molecule has 0 aliphatic rings. The van der Waals surface area contributed by atoms with E-state index < -0.39 is 16.1 Å². The van der Waals surface area contributed by atoms with E-state index in [-0.39, 0.29) is 16.8 Å². The summed E-state index contributed by atoms with van der Waals surface area (Å²) in [7, 11) is -2.29. The van der Waals surface area contributed by atoms with E-state index in [0.717, 1.165) is 5.76 Å². The van der Waals surface area contributed by atoms with Crippen molar-refractivity contribution < 1.29 is 22.4 Å². The number of hydrogen-bond acceptors (Lipinski definition) is 5. The standard InChI is InChI=1S/C18H24N2O5S/c1-13(6-7-16-5-4-12-25-16)19-18(21)14(2)20-26(22,23)17-10-8-15(24-3)9-11-17/h4-5,8-14,20H,6-7H2,1-3H3,(H,19,21)/t13?,14-/m0/s1. The lowest BCUT2D eigenvalue weighted by Gasteiger charge is -2.18. The lowest BCUT2D eigenvalue weighted by Crippen LogP contribution is -2.47. The van der Waals surface area contributed by atoms with Crippen molar-refractivity contribution in [2.45, 2.75) is 43.7 Å². The molecule has 1 aromatic carbocycles. The molecular weight excluding hydrogens is 356 g/mol. The third-order valence-corrected chi connectivity index (χ3v) is 5.44. The maximum absolute atomic E-state index is 12.4. The van der Waals surface area contributed by atoms with Gasteiger partial charge in [-0.15, -0.1) is 0 Å². The molecule has 26 heavy (non-hydrogen) atoms. The van der Waals surface area contributed by atoms with Crippen molar-refractivity contribution in [1.82, 2.24) is 10.0 Å². The molecule has 2 N–H and O–H groups in total. The molecule has 1 heterocycles. The molecule has 0 aliphatic heterocycles. The molecule has 2 rings (SSSR count). The maximum atomic E-state index is 12.4. The number of hydrogen-bond donors (Lipinski definition) is 2. The van der Waals surface area contributed by atoms with Crippen LogP contribution in [-0.4, -0.2) is 33.5 Å². The Balaban J connectivity index is 1.88. The number of ether oxygens (including phenoxy) is 1. The van der Waals surface area contributed by atoms with E-state index in [1.54, 1.807) is 18.4 Å². The van der Waals surface area contributed by atoms with Crippen LogP contribution < -0.4 is 14.8 Å². The van der Waals surface area contributed by atoms with Gasteiger partial charge in [0.1, 0.15) is 11.5 Å². The fourth-order valence-corrected chi connectivity index (χ4v) is 3.57. The first-order chi connectivity index (χ1) is 12.3. The first-order valence-electron chi connectivity index (χ1n) is 8.31. The Labute approximate surface area is 153 Å². The fourth-order valence-electron chi connectivity index (χ4n) is 2.36. The van der Waals surface area contributed by atoms with Gasteiger partial charge in [-0.3, -0.25) is 4.79 Å². The number of carbonyl (C=O) groups is 1. The molecule has 0 fully saturated rings. The Morgan fingerprint density at radius 1 is 1.19 bits per heavy atom. The molecule has 142 valence electrons. The van der Waals surface area contributed by atoms with E-state index >= 15 is 0 Å². The zero-order chi connectivity index (χ0) is 19.2.